The predicted octanol–water partition coefficient (Wildman–Crippen LogP) is 3.35. The summed E-state index contributed by atoms with van der Waals surface area (Å²) in [5.74, 6) is 0. The van der Waals surface area contributed by atoms with Gasteiger partial charge in [0.2, 0.25) is 6.19 Å². The lowest BCUT2D eigenvalue weighted by Crippen LogP contribution is -2.24. The molecule has 0 amide bonds. The number of pyridine rings is 1. The number of aromatic nitrogens is 7. The van der Waals surface area contributed by atoms with Gasteiger partial charge in [-0.25, -0.2) is 4.98 Å². The highest BCUT2D eigenvalue weighted by atomic mass is 16.1. The number of hydrogen-bond acceptors (Lipinski definition) is 6. The third-order valence-corrected chi connectivity index (χ3v) is 5.73. The number of rotatable bonds is 4. The molecule has 2 aromatic carbocycles. The van der Waals surface area contributed by atoms with Gasteiger partial charge in [0.15, 0.2) is 0 Å². The van der Waals surface area contributed by atoms with Crippen LogP contribution in [0, 0.1) is 11.5 Å². The van der Waals surface area contributed by atoms with Gasteiger partial charge in [-0.1, -0.05) is 53.7 Å². The Hall–Kier alpha value is -5.10. The lowest BCUT2D eigenvalue weighted by Gasteiger charge is -2.12. The molecule has 0 unspecified atom stereocenters. The van der Waals surface area contributed by atoms with Crippen LogP contribution in [0.4, 0.5) is 0 Å². The van der Waals surface area contributed by atoms with Gasteiger partial charge >= 0.3 is 0 Å². The molecular formula is C25H16N8O. The van der Waals surface area contributed by atoms with Crippen molar-refractivity contribution in [3.63, 3.8) is 0 Å². The molecule has 6 aromatic rings. The third-order valence-electron chi connectivity index (χ3n) is 5.73. The van der Waals surface area contributed by atoms with Crippen molar-refractivity contribution < 1.29 is 0 Å². The highest BCUT2D eigenvalue weighted by Gasteiger charge is 2.24. The van der Waals surface area contributed by atoms with Crippen molar-refractivity contribution in [1.29, 1.82) is 5.26 Å². The van der Waals surface area contributed by atoms with Crippen molar-refractivity contribution in [2.24, 2.45) is 0 Å². The van der Waals surface area contributed by atoms with Gasteiger partial charge in [-0.15, -0.1) is 9.78 Å². The molecule has 34 heavy (non-hydrogen) atoms. The Morgan fingerprint density at radius 2 is 1.62 bits per heavy atom. The predicted molar refractivity (Wildman–Crippen MR) is 126 cm³/mol. The number of fused-ring (bicyclic) bond motifs is 3. The van der Waals surface area contributed by atoms with Crippen LogP contribution in [0.5, 0.6) is 0 Å². The minimum Gasteiger partial charge on any atom is -0.299 e. The number of hydrogen-bond donors (Lipinski definition) is 0. The lowest BCUT2D eigenvalue weighted by atomic mass is 10.1. The molecule has 0 aliphatic heterocycles. The van der Waals surface area contributed by atoms with Gasteiger partial charge in [0.05, 0.1) is 23.3 Å². The van der Waals surface area contributed by atoms with Crippen molar-refractivity contribution >= 4 is 16.6 Å². The van der Waals surface area contributed by atoms with E-state index >= 15 is 0 Å². The zero-order valence-corrected chi connectivity index (χ0v) is 17.8. The molecule has 0 bridgehead atoms. The monoisotopic (exact) mass is 444 g/mol. The summed E-state index contributed by atoms with van der Waals surface area (Å²) in [6.45, 7) is 0.294. The van der Waals surface area contributed by atoms with E-state index in [-0.39, 0.29) is 5.56 Å². The van der Waals surface area contributed by atoms with Gasteiger partial charge in [0.1, 0.15) is 28.9 Å². The summed E-state index contributed by atoms with van der Waals surface area (Å²) in [5.41, 5.74) is 4.38. The fourth-order valence-electron chi connectivity index (χ4n) is 4.21. The molecule has 0 radical (unpaired) electrons. The van der Waals surface area contributed by atoms with Crippen LogP contribution in [-0.4, -0.2) is 33.9 Å². The fraction of sp³-hybridized carbons (Fsp3) is 0.0400. The van der Waals surface area contributed by atoms with Crippen LogP contribution in [0.1, 0.15) is 5.69 Å². The van der Waals surface area contributed by atoms with Crippen molar-refractivity contribution in [1.82, 2.24) is 33.9 Å². The van der Waals surface area contributed by atoms with Gasteiger partial charge in [-0.05, 0) is 24.3 Å². The fourth-order valence-corrected chi connectivity index (χ4v) is 4.21. The molecule has 0 saturated carbocycles. The summed E-state index contributed by atoms with van der Waals surface area (Å²) >= 11 is 0. The Morgan fingerprint density at radius 3 is 2.38 bits per heavy atom. The van der Waals surface area contributed by atoms with Crippen LogP contribution >= 0.6 is 0 Å². The molecule has 0 aliphatic carbocycles. The Bertz CT molecular complexity index is 1760. The van der Waals surface area contributed by atoms with Gasteiger partial charge < -0.3 is 0 Å². The summed E-state index contributed by atoms with van der Waals surface area (Å²) in [5, 5.41) is 17.9. The molecule has 162 valence electrons. The molecule has 0 atom stereocenters. The Balaban J connectivity index is 1.68. The van der Waals surface area contributed by atoms with Gasteiger partial charge in [0.25, 0.3) is 5.56 Å². The third kappa shape index (κ3) is 2.97. The molecule has 6 rings (SSSR count). The second-order valence-corrected chi connectivity index (χ2v) is 7.68. The van der Waals surface area contributed by atoms with Crippen LogP contribution in [0.3, 0.4) is 0 Å². The minimum atomic E-state index is -0.249. The largest absolute Gasteiger partial charge is 0.299 e. The second-order valence-electron chi connectivity index (χ2n) is 7.68. The number of imidazole rings is 1. The van der Waals surface area contributed by atoms with Crippen molar-refractivity contribution in [2.75, 3.05) is 0 Å². The Morgan fingerprint density at radius 1 is 0.853 bits per heavy atom. The van der Waals surface area contributed by atoms with Crippen molar-refractivity contribution in [3.8, 4) is 28.8 Å². The molecule has 4 heterocycles. The molecule has 9 heteroatoms. The molecule has 0 spiro atoms. The van der Waals surface area contributed by atoms with Crippen molar-refractivity contribution in [2.45, 2.75) is 6.54 Å². The summed E-state index contributed by atoms with van der Waals surface area (Å²) < 4.78 is 4.54. The average Bonchev–Trinajstić information content (AvgIpc) is 3.52. The van der Waals surface area contributed by atoms with E-state index in [0.717, 1.165) is 27.0 Å². The molecule has 0 fully saturated rings. The highest BCUT2D eigenvalue weighted by Crippen LogP contribution is 2.31. The molecule has 4 aromatic heterocycles. The summed E-state index contributed by atoms with van der Waals surface area (Å²) in [4.78, 5) is 22.9. The van der Waals surface area contributed by atoms with E-state index < -0.39 is 0 Å². The van der Waals surface area contributed by atoms with E-state index in [2.05, 4.69) is 20.3 Å². The summed E-state index contributed by atoms with van der Waals surface area (Å²) in [7, 11) is 0. The number of para-hydroxylation sites is 2. The normalized spacial score (nSPS) is 11.1. The molecular weight excluding hydrogens is 428 g/mol. The van der Waals surface area contributed by atoms with E-state index in [0.29, 0.717) is 29.1 Å². The van der Waals surface area contributed by atoms with E-state index in [1.165, 1.54) is 0 Å². The maximum Gasteiger partial charge on any atom is 0.278 e. The van der Waals surface area contributed by atoms with E-state index in [1.54, 1.807) is 21.5 Å². The maximum absolute atomic E-state index is 13.9. The zero-order chi connectivity index (χ0) is 23.1. The lowest BCUT2D eigenvalue weighted by molar-refractivity contribution is 0.770. The second kappa shape index (κ2) is 7.79. The topological polar surface area (TPSA) is 107 Å². The molecule has 9 nitrogen and oxygen atoms in total. The standard InChI is InChI=1S/C25H16N8O/c26-15-33-23(21(29-30-33)17-8-2-1-3-9-17)22-24-25(34)31(14-18-10-6-7-13-27-18)19-11-4-5-12-20(19)32(24)16-28-22/h1-13,16H,14H2. The number of nitrogens with zero attached hydrogens (tertiary/aromatic N) is 8. The molecule has 0 aliphatic rings. The first-order valence-electron chi connectivity index (χ1n) is 10.6. The highest BCUT2D eigenvalue weighted by molar-refractivity contribution is 5.88. The van der Waals surface area contributed by atoms with Gasteiger partial charge in [-0.2, -0.15) is 5.26 Å². The maximum atomic E-state index is 13.9. The summed E-state index contributed by atoms with van der Waals surface area (Å²) in [6.07, 6.45) is 5.33. The van der Waals surface area contributed by atoms with Crippen molar-refractivity contribution in [3.05, 3.63) is 101 Å². The van der Waals surface area contributed by atoms with Crippen LogP contribution in [0.15, 0.2) is 90.1 Å². The van der Waals surface area contributed by atoms with Crippen LogP contribution in [0.2, 0.25) is 0 Å². The van der Waals surface area contributed by atoms with Crippen LogP contribution < -0.4 is 5.56 Å². The number of benzene rings is 2. The van der Waals surface area contributed by atoms with Crippen LogP contribution in [0.25, 0.3) is 39.2 Å². The average molecular weight is 444 g/mol. The van der Waals surface area contributed by atoms with Crippen LogP contribution in [-0.2, 0) is 6.54 Å². The Kier molecular flexibility index (Phi) is 4.49. The molecule has 0 N–H and O–H groups in total. The van der Waals surface area contributed by atoms with Gasteiger partial charge in [0, 0.05) is 11.8 Å². The SMILES string of the molecule is N#Cn1nnc(-c2ccccc2)c1-c1ncn2c1c(=O)n(Cc1ccccn1)c1ccccc12. The molecule has 0 saturated heterocycles. The number of nitriles is 1. The zero-order valence-electron chi connectivity index (χ0n) is 17.8. The smallest absolute Gasteiger partial charge is 0.278 e. The quantitative estimate of drug-likeness (QED) is 0.413. The van der Waals surface area contributed by atoms with E-state index in [1.807, 2.05) is 79.0 Å². The summed E-state index contributed by atoms with van der Waals surface area (Å²) in [6, 6.07) is 22.6. The van der Waals surface area contributed by atoms with Gasteiger partial charge in [-0.3, -0.25) is 18.7 Å². The van der Waals surface area contributed by atoms with E-state index in [4.69, 9.17) is 0 Å². The first-order valence-corrected chi connectivity index (χ1v) is 10.6. The first-order chi connectivity index (χ1) is 16.8. The minimum absolute atomic E-state index is 0.249. The first kappa shape index (κ1) is 19.6. The van der Waals surface area contributed by atoms with E-state index in [9.17, 15) is 10.1 Å². The Labute approximate surface area is 192 Å².